The lowest BCUT2D eigenvalue weighted by atomic mass is 9.88. The molecule has 1 N–H and O–H groups in total. The van der Waals surface area contributed by atoms with Crippen LogP contribution >= 0.6 is 0 Å². The summed E-state index contributed by atoms with van der Waals surface area (Å²) in [5.74, 6) is -0.828. The van der Waals surface area contributed by atoms with Crippen LogP contribution in [0.4, 0.5) is 0 Å². The summed E-state index contributed by atoms with van der Waals surface area (Å²) in [5.41, 5.74) is 1.50. The Labute approximate surface area is 130 Å². The van der Waals surface area contributed by atoms with Gasteiger partial charge < -0.3 is 9.67 Å². The quantitative estimate of drug-likeness (QED) is 0.922. The van der Waals surface area contributed by atoms with Crippen LogP contribution in [0.3, 0.4) is 0 Å². The summed E-state index contributed by atoms with van der Waals surface area (Å²) >= 11 is 0. The highest BCUT2D eigenvalue weighted by Crippen LogP contribution is 2.37. The van der Waals surface area contributed by atoms with Gasteiger partial charge in [-0.05, 0) is 44.8 Å². The molecule has 2 aliphatic heterocycles. The fourth-order valence-corrected chi connectivity index (χ4v) is 4.40. The summed E-state index contributed by atoms with van der Waals surface area (Å²) in [6.45, 7) is 2.40. The summed E-state index contributed by atoms with van der Waals surface area (Å²) in [4.78, 5) is 14.2. The zero-order valence-electron chi connectivity index (χ0n) is 12.7. The molecule has 0 amide bonds. The first kappa shape index (κ1) is 13.8. The number of carboxylic acid groups (broad SMARTS) is 1. The number of carbonyl (C=O) groups is 1. The lowest BCUT2D eigenvalue weighted by molar-refractivity contribution is 0.0652. The minimum Gasteiger partial charge on any atom is -0.478 e. The van der Waals surface area contributed by atoms with Crippen LogP contribution in [0.25, 0.3) is 10.9 Å². The molecule has 1 aromatic heterocycles. The van der Waals surface area contributed by atoms with E-state index in [0.29, 0.717) is 17.6 Å². The summed E-state index contributed by atoms with van der Waals surface area (Å²) in [5, 5.41) is 10.4. The van der Waals surface area contributed by atoms with Gasteiger partial charge in [-0.15, -0.1) is 0 Å². The summed E-state index contributed by atoms with van der Waals surface area (Å²) in [7, 11) is 0. The smallest absolute Gasteiger partial charge is 0.337 e. The Balaban J connectivity index is 1.81. The average molecular weight is 298 g/mol. The van der Waals surface area contributed by atoms with Crippen molar-refractivity contribution in [3.8, 4) is 0 Å². The number of piperidine rings is 2. The topological polar surface area (TPSA) is 45.5 Å². The van der Waals surface area contributed by atoms with Crippen LogP contribution in [-0.4, -0.2) is 39.7 Å². The molecule has 0 bridgehead atoms. The van der Waals surface area contributed by atoms with E-state index in [1.54, 1.807) is 0 Å². The van der Waals surface area contributed by atoms with Gasteiger partial charge in [0.2, 0.25) is 0 Å². The lowest BCUT2D eigenvalue weighted by Crippen LogP contribution is -2.48. The monoisotopic (exact) mass is 298 g/mol. The molecule has 2 aromatic rings. The van der Waals surface area contributed by atoms with Crippen molar-refractivity contribution in [1.82, 2.24) is 9.47 Å². The first-order chi connectivity index (χ1) is 10.8. The number of rotatable bonds is 2. The van der Waals surface area contributed by atoms with Crippen LogP contribution in [0.1, 0.15) is 48.5 Å². The van der Waals surface area contributed by atoms with Crippen molar-refractivity contribution in [1.29, 1.82) is 0 Å². The molecule has 4 nitrogen and oxygen atoms in total. The Morgan fingerprint density at radius 1 is 1.05 bits per heavy atom. The number of fused-ring (bicyclic) bond motifs is 2. The fraction of sp³-hybridized carbons (Fsp3) is 0.500. The molecule has 0 aliphatic carbocycles. The van der Waals surface area contributed by atoms with Crippen molar-refractivity contribution in [2.24, 2.45) is 0 Å². The van der Waals surface area contributed by atoms with Gasteiger partial charge in [0.05, 0.1) is 5.56 Å². The molecule has 2 unspecified atom stereocenters. The molecule has 2 atom stereocenters. The minimum atomic E-state index is -0.828. The second-order valence-corrected chi connectivity index (χ2v) is 6.58. The molecule has 0 saturated carbocycles. The van der Waals surface area contributed by atoms with Gasteiger partial charge >= 0.3 is 5.97 Å². The summed E-state index contributed by atoms with van der Waals surface area (Å²) < 4.78 is 2.25. The Morgan fingerprint density at radius 3 is 2.68 bits per heavy atom. The van der Waals surface area contributed by atoms with Crippen LogP contribution in [0, 0.1) is 0 Å². The van der Waals surface area contributed by atoms with Crippen molar-refractivity contribution in [2.45, 2.75) is 44.2 Å². The predicted octanol–water partition coefficient (Wildman–Crippen LogP) is 3.53. The van der Waals surface area contributed by atoms with Crippen molar-refractivity contribution in [2.75, 3.05) is 13.1 Å². The van der Waals surface area contributed by atoms with Gasteiger partial charge in [-0.1, -0.05) is 24.6 Å². The second-order valence-electron chi connectivity index (χ2n) is 6.58. The number of carboxylic acids is 1. The van der Waals surface area contributed by atoms with Crippen LogP contribution in [0.2, 0.25) is 0 Å². The number of para-hydroxylation sites is 1. The molecule has 0 radical (unpaired) electrons. The van der Waals surface area contributed by atoms with E-state index in [9.17, 15) is 9.90 Å². The first-order valence-electron chi connectivity index (χ1n) is 8.32. The van der Waals surface area contributed by atoms with Crippen molar-refractivity contribution < 1.29 is 9.90 Å². The van der Waals surface area contributed by atoms with Gasteiger partial charge in [-0.3, -0.25) is 4.90 Å². The minimum absolute atomic E-state index is 0.409. The standard InChI is InChI=1S/C18H22N2O2/c21-18(22)14-12-20(15-7-2-1-6-13(14)15)17-9-5-11-19-10-4-3-8-16(17)19/h1-2,6-7,12,16-17H,3-5,8-11H2,(H,21,22). The number of aromatic nitrogens is 1. The van der Waals surface area contributed by atoms with Gasteiger partial charge in [0.25, 0.3) is 0 Å². The molecule has 2 saturated heterocycles. The van der Waals surface area contributed by atoms with Gasteiger partial charge in [0, 0.05) is 29.2 Å². The maximum Gasteiger partial charge on any atom is 0.337 e. The van der Waals surface area contributed by atoms with E-state index < -0.39 is 5.97 Å². The Morgan fingerprint density at radius 2 is 1.82 bits per heavy atom. The number of hydrogen-bond donors (Lipinski definition) is 1. The van der Waals surface area contributed by atoms with Gasteiger partial charge in [-0.2, -0.15) is 0 Å². The fourth-order valence-electron chi connectivity index (χ4n) is 4.40. The molecule has 2 aliphatic rings. The van der Waals surface area contributed by atoms with E-state index in [4.69, 9.17) is 0 Å². The second kappa shape index (κ2) is 5.43. The number of hydrogen-bond acceptors (Lipinski definition) is 2. The third kappa shape index (κ3) is 2.13. The predicted molar refractivity (Wildman–Crippen MR) is 86.4 cm³/mol. The van der Waals surface area contributed by atoms with Crippen molar-refractivity contribution >= 4 is 16.9 Å². The first-order valence-corrected chi connectivity index (χ1v) is 8.32. The Bertz CT molecular complexity index is 704. The van der Waals surface area contributed by atoms with E-state index in [-0.39, 0.29) is 0 Å². The maximum absolute atomic E-state index is 11.6. The van der Waals surface area contributed by atoms with Gasteiger partial charge in [0.15, 0.2) is 0 Å². The zero-order chi connectivity index (χ0) is 15.1. The Kier molecular flexibility index (Phi) is 3.41. The molecule has 0 spiro atoms. The molecule has 116 valence electrons. The number of benzene rings is 1. The molecule has 4 rings (SSSR count). The molecular formula is C18H22N2O2. The molecular weight excluding hydrogens is 276 g/mol. The van der Waals surface area contributed by atoms with Crippen LogP contribution in [0.15, 0.2) is 30.5 Å². The van der Waals surface area contributed by atoms with E-state index in [2.05, 4.69) is 15.5 Å². The third-order valence-corrected chi connectivity index (χ3v) is 5.38. The normalized spacial score (nSPS) is 26.0. The molecule has 22 heavy (non-hydrogen) atoms. The lowest BCUT2D eigenvalue weighted by Gasteiger charge is -2.45. The highest BCUT2D eigenvalue weighted by Gasteiger charge is 2.35. The zero-order valence-corrected chi connectivity index (χ0v) is 12.7. The highest BCUT2D eigenvalue weighted by atomic mass is 16.4. The SMILES string of the molecule is O=C(O)c1cn(C2CCCN3CCCCC23)c2ccccc12. The third-order valence-electron chi connectivity index (χ3n) is 5.38. The Hall–Kier alpha value is -1.81. The van der Waals surface area contributed by atoms with E-state index in [1.165, 1.54) is 38.8 Å². The van der Waals surface area contributed by atoms with E-state index in [1.807, 2.05) is 24.4 Å². The van der Waals surface area contributed by atoms with Crippen molar-refractivity contribution in [3.05, 3.63) is 36.0 Å². The van der Waals surface area contributed by atoms with Gasteiger partial charge in [-0.25, -0.2) is 4.79 Å². The maximum atomic E-state index is 11.6. The van der Waals surface area contributed by atoms with E-state index in [0.717, 1.165) is 17.3 Å². The highest BCUT2D eigenvalue weighted by molar-refractivity contribution is 6.03. The molecule has 1 aromatic carbocycles. The van der Waals surface area contributed by atoms with Crippen LogP contribution < -0.4 is 0 Å². The van der Waals surface area contributed by atoms with Crippen molar-refractivity contribution in [3.63, 3.8) is 0 Å². The average Bonchev–Trinajstić information content (AvgIpc) is 2.94. The summed E-state index contributed by atoms with van der Waals surface area (Å²) in [6, 6.07) is 8.89. The molecule has 4 heteroatoms. The van der Waals surface area contributed by atoms with E-state index >= 15 is 0 Å². The number of aromatic carboxylic acids is 1. The van der Waals surface area contributed by atoms with Gasteiger partial charge in [0.1, 0.15) is 0 Å². The van der Waals surface area contributed by atoms with Crippen LogP contribution in [-0.2, 0) is 0 Å². The summed E-state index contributed by atoms with van der Waals surface area (Å²) in [6.07, 6.45) is 8.06. The molecule has 3 heterocycles. The molecule has 2 fully saturated rings. The number of nitrogens with zero attached hydrogens (tertiary/aromatic N) is 2. The largest absolute Gasteiger partial charge is 0.478 e. The van der Waals surface area contributed by atoms with Crippen LogP contribution in [0.5, 0.6) is 0 Å².